The second kappa shape index (κ2) is 8.62. The molecule has 0 aliphatic carbocycles. The maximum atomic E-state index is 12.7. The first-order valence-corrected chi connectivity index (χ1v) is 8.39. The SMILES string of the molecule is COc1cc(C=C(Br)C(=O)c2ccc(OC)c(N)c2)c(OC)c(OC)c1. The average molecular weight is 422 g/mol. The molecule has 0 atom stereocenters. The Morgan fingerprint density at radius 1 is 0.962 bits per heavy atom. The number of rotatable bonds is 7. The van der Waals surface area contributed by atoms with Gasteiger partial charge in [0.05, 0.1) is 38.6 Å². The van der Waals surface area contributed by atoms with E-state index in [4.69, 9.17) is 24.7 Å². The number of benzene rings is 2. The number of methoxy groups -OCH3 is 4. The lowest BCUT2D eigenvalue weighted by molar-refractivity contribution is 0.104. The summed E-state index contributed by atoms with van der Waals surface area (Å²) in [5.74, 6) is 1.85. The van der Waals surface area contributed by atoms with Crippen molar-refractivity contribution in [2.75, 3.05) is 34.2 Å². The molecule has 0 aliphatic heterocycles. The molecule has 0 heterocycles. The van der Waals surface area contributed by atoms with Crippen LogP contribution in [0.1, 0.15) is 15.9 Å². The lowest BCUT2D eigenvalue weighted by atomic mass is 10.1. The van der Waals surface area contributed by atoms with Crippen LogP contribution in [0.15, 0.2) is 34.8 Å². The molecular weight excluding hydrogens is 402 g/mol. The molecule has 0 radical (unpaired) electrons. The van der Waals surface area contributed by atoms with E-state index in [0.29, 0.717) is 44.3 Å². The van der Waals surface area contributed by atoms with Crippen molar-refractivity contribution in [2.24, 2.45) is 0 Å². The molecule has 138 valence electrons. The topological polar surface area (TPSA) is 80.0 Å². The van der Waals surface area contributed by atoms with Crippen LogP contribution in [0.25, 0.3) is 6.08 Å². The van der Waals surface area contributed by atoms with Crippen LogP contribution in [0.2, 0.25) is 0 Å². The number of ether oxygens (including phenoxy) is 4. The fourth-order valence-corrected chi connectivity index (χ4v) is 2.88. The van der Waals surface area contributed by atoms with Crippen molar-refractivity contribution >= 4 is 33.5 Å². The lowest BCUT2D eigenvalue weighted by Crippen LogP contribution is -2.02. The van der Waals surface area contributed by atoms with E-state index in [9.17, 15) is 4.79 Å². The molecule has 0 unspecified atom stereocenters. The second-order valence-corrected chi connectivity index (χ2v) is 6.08. The number of hydrogen-bond acceptors (Lipinski definition) is 6. The molecule has 26 heavy (non-hydrogen) atoms. The number of allylic oxidation sites excluding steroid dienone is 1. The first kappa shape index (κ1) is 19.7. The Morgan fingerprint density at radius 2 is 1.65 bits per heavy atom. The van der Waals surface area contributed by atoms with Crippen LogP contribution in [-0.4, -0.2) is 34.2 Å². The minimum Gasteiger partial charge on any atom is -0.497 e. The molecule has 0 spiro atoms. The smallest absolute Gasteiger partial charge is 0.200 e. The van der Waals surface area contributed by atoms with Crippen molar-refractivity contribution in [3.63, 3.8) is 0 Å². The van der Waals surface area contributed by atoms with Crippen LogP contribution in [0.5, 0.6) is 23.0 Å². The van der Waals surface area contributed by atoms with Gasteiger partial charge >= 0.3 is 0 Å². The highest BCUT2D eigenvalue weighted by atomic mass is 79.9. The van der Waals surface area contributed by atoms with Gasteiger partial charge in [0.1, 0.15) is 11.5 Å². The fraction of sp³-hybridized carbons (Fsp3) is 0.211. The van der Waals surface area contributed by atoms with Crippen LogP contribution in [0, 0.1) is 0 Å². The van der Waals surface area contributed by atoms with E-state index in [1.54, 1.807) is 43.5 Å². The van der Waals surface area contributed by atoms with E-state index >= 15 is 0 Å². The number of carbonyl (C=O) groups is 1. The van der Waals surface area contributed by atoms with Gasteiger partial charge in [-0.15, -0.1) is 0 Å². The Kier molecular flexibility index (Phi) is 6.52. The summed E-state index contributed by atoms with van der Waals surface area (Å²) in [5, 5.41) is 0. The molecule has 0 fully saturated rings. The third-order valence-electron chi connectivity index (χ3n) is 3.71. The number of ketones is 1. The van der Waals surface area contributed by atoms with E-state index < -0.39 is 0 Å². The number of Topliss-reactive ketones (excluding diaryl/α,β-unsaturated/α-hetero) is 1. The highest BCUT2D eigenvalue weighted by Gasteiger charge is 2.16. The minimum atomic E-state index is -0.233. The number of nitrogens with two attached hydrogens (primary N) is 1. The molecule has 0 saturated carbocycles. The van der Waals surface area contributed by atoms with Crippen molar-refractivity contribution in [2.45, 2.75) is 0 Å². The summed E-state index contributed by atoms with van der Waals surface area (Å²) in [7, 11) is 6.13. The monoisotopic (exact) mass is 421 g/mol. The van der Waals surface area contributed by atoms with Gasteiger partial charge in [-0.1, -0.05) is 0 Å². The number of nitrogen functional groups attached to an aromatic ring is 1. The van der Waals surface area contributed by atoms with E-state index in [1.807, 2.05) is 0 Å². The number of carbonyl (C=O) groups excluding carboxylic acids is 1. The maximum absolute atomic E-state index is 12.7. The zero-order chi connectivity index (χ0) is 19.3. The van der Waals surface area contributed by atoms with E-state index in [2.05, 4.69) is 15.9 Å². The molecule has 7 heteroatoms. The van der Waals surface area contributed by atoms with Crippen LogP contribution < -0.4 is 24.7 Å². The van der Waals surface area contributed by atoms with Crippen molar-refractivity contribution in [1.82, 2.24) is 0 Å². The molecule has 0 bridgehead atoms. The van der Waals surface area contributed by atoms with E-state index in [0.717, 1.165) is 0 Å². The average Bonchev–Trinajstić information content (AvgIpc) is 2.66. The molecule has 0 aliphatic rings. The van der Waals surface area contributed by atoms with Gasteiger partial charge in [0.15, 0.2) is 17.3 Å². The number of anilines is 1. The zero-order valence-electron chi connectivity index (χ0n) is 15.0. The second-order valence-electron chi connectivity index (χ2n) is 5.23. The van der Waals surface area contributed by atoms with Gasteiger partial charge < -0.3 is 24.7 Å². The minimum absolute atomic E-state index is 0.233. The van der Waals surface area contributed by atoms with Gasteiger partial charge in [-0.2, -0.15) is 0 Å². The molecule has 2 aromatic carbocycles. The highest BCUT2D eigenvalue weighted by Crippen LogP contribution is 2.37. The molecule has 6 nitrogen and oxygen atoms in total. The van der Waals surface area contributed by atoms with Gasteiger partial charge in [0, 0.05) is 17.2 Å². The van der Waals surface area contributed by atoms with Crippen molar-refractivity contribution in [3.05, 3.63) is 45.9 Å². The Bertz CT molecular complexity index is 848. The summed E-state index contributed by atoms with van der Waals surface area (Å²) in [6.07, 6.45) is 1.65. The third kappa shape index (κ3) is 4.11. The van der Waals surface area contributed by atoms with Crippen LogP contribution >= 0.6 is 15.9 Å². The van der Waals surface area contributed by atoms with Crippen molar-refractivity contribution in [1.29, 1.82) is 0 Å². The maximum Gasteiger partial charge on any atom is 0.200 e. The predicted octanol–water partition coefficient (Wildman–Crippen LogP) is 3.92. The quantitative estimate of drug-likeness (QED) is 0.414. The summed E-state index contributed by atoms with van der Waals surface area (Å²) in [4.78, 5) is 12.7. The Hall–Kier alpha value is -2.67. The first-order valence-electron chi connectivity index (χ1n) is 7.60. The molecule has 2 aromatic rings. The third-order valence-corrected chi connectivity index (χ3v) is 4.30. The van der Waals surface area contributed by atoms with E-state index in [1.165, 1.54) is 21.3 Å². The standard InChI is InChI=1S/C19H20BrNO5/c1-23-13-7-12(19(26-4)17(10-13)25-3)8-14(20)18(22)11-5-6-16(24-2)15(21)9-11/h5-10H,21H2,1-4H3. The molecule has 0 saturated heterocycles. The summed E-state index contributed by atoms with van der Waals surface area (Å²) >= 11 is 3.34. The Balaban J connectivity index is 2.45. The van der Waals surface area contributed by atoms with E-state index in [-0.39, 0.29) is 5.78 Å². The summed E-state index contributed by atoms with van der Waals surface area (Å²) in [5.41, 5.74) is 7.33. The van der Waals surface area contributed by atoms with Gasteiger partial charge in [-0.05, 0) is 46.3 Å². The fourth-order valence-electron chi connectivity index (χ4n) is 2.41. The van der Waals surface area contributed by atoms with Gasteiger partial charge in [0.25, 0.3) is 0 Å². The first-order chi connectivity index (χ1) is 12.4. The predicted molar refractivity (Wildman–Crippen MR) is 105 cm³/mol. The molecule has 2 rings (SSSR count). The Morgan fingerprint density at radius 3 is 2.19 bits per heavy atom. The van der Waals surface area contributed by atoms with Crippen LogP contribution in [-0.2, 0) is 0 Å². The highest BCUT2D eigenvalue weighted by molar-refractivity contribution is 9.12. The summed E-state index contributed by atoms with van der Waals surface area (Å²) < 4.78 is 21.4. The molecule has 0 amide bonds. The Labute approximate surface area is 160 Å². The molecule has 0 aromatic heterocycles. The molecule has 2 N–H and O–H groups in total. The number of hydrogen-bond donors (Lipinski definition) is 1. The van der Waals surface area contributed by atoms with Gasteiger partial charge in [0.2, 0.25) is 0 Å². The van der Waals surface area contributed by atoms with Gasteiger partial charge in [-0.25, -0.2) is 0 Å². The largest absolute Gasteiger partial charge is 0.497 e. The van der Waals surface area contributed by atoms with Crippen molar-refractivity contribution in [3.8, 4) is 23.0 Å². The van der Waals surface area contributed by atoms with Crippen LogP contribution in [0.4, 0.5) is 5.69 Å². The normalized spacial score (nSPS) is 11.0. The zero-order valence-corrected chi connectivity index (χ0v) is 16.5. The number of halogens is 1. The summed E-state index contributed by atoms with van der Waals surface area (Å²) in [6.45, 7) is 0. The van der Waals surface area contributed by atoms with Gasteiger partial charge in [-0.3, -0.25) is 4.79 Å². The van der Waals surface area contributed by atoms with Crippen molar-refractivity contribution < 1.29 is 23.7 Å². The van der Waals surface area contributed by atoms with Crippen LogP contribution in [0.3, 0.4) is 0 Å². The summed E-state index contributed by atoms with van der Waals surface area (Å²) in [6, 6.07) is 8.32. The molecular formula is C19H20BrNO5. The lowest BCUT2D eigenvalue weighted by Gasteiger charge is -2.13.